The Labute approximate surface area is 210 Å². The third kappa shape index (κ3) is 20.7. The molecule has 38 heavy (non-hydrogen) atoms. The second-order valence-corrected chi connectivity index (χ2v) is 13.5. The van der Waals surface area contributed by atoms with Crippen molar-refractivity contribution in [2.24, 2.45) is 14.1 Å². The van der Waals surface area contributed by atoms with Crippen LogP contribution in [0.3, 0.4) is 0 Å². The Bertz CT molecular complexity index is 1140. The van der Waals surface area contributed by atoms with Crippen molar-refractivity contribution in [2.75, 3.05) is 0 Å². The van der Waals surface area contributed by atoms with Gasteiger partial charge in [-0.1, -0.05) is 32.9 Å². The van der Waals surface area contributed by atoms with E-state index >= 15 is 0 Å². The van der Waals surface area contributed by atoms with E-state index in [2.05, 4.69) is 109 Å². The summed E-state index contributed by atoms with van der Waals surface area (Å²) >= 11 is 0. The number of imidazole rings is 2. The summed E-state index contributed by atoms with van der Waals surface area (Å²) in [6, 6.07) is 7.02. The van der Waals surface area contributed by atoms with E-state index in [0.717, 1.165) is 13.1 Å². The molecule has 222 valence electrons. The predicted molar refractivity (Wildman–Crippen MR) is 122 cm³/mol. The summed E-state index contributed by atoms with van der Waals surface area (Å²) in [4.78, 5) is 0. The van der Waals surface area contributed by atoms with Crippen LogP contribution in [0.25, 0.3) is 0 Å². The molecule has 2 aromatic heterocycles. The van der Waals surface area contributed by atoms with Crippen molar-refractivity contribution in [2.45, 2.75) is 39.3 Å². The second-order valence-electron chi connectivity index (χ2n) is 9.71. The number of hydrogen-bond acceptors (Lipinski definition) is 0. The SMILES string of the molecule is C[n+]1ccn(Cc2cc(Cn3cc[n+](C)c3)cc(C(C)(C)C)c2)c1.F[P-](F)(F)(F)(F)F.F[P-](F)(F)(F)(F)F. The Morgan fingerprint density at radius 3 is 1.11 bits per heavy atom. The van der Waals surface area contributed by atoms with E-state index in [0.29, 0.717) is 0 Å². The molecule has 0 amide bonds. The third-order valence-corrected chi connectivity index (χ3v) is 4.30. The number of aromatic nitrogens is 4. The van der Waals surface area contributed by atoms with Gasteiger partial charge in [0.25, 0.3) is 0 Å². The van der Waals surface area contributed by atoms with Crippen molar-refractivity contribution in [1.82, 2.24) is 9.13 Å². The molecule has 0 saturated carbocycles. The van der Waals surface area contributed by atoms with Gasteiger partial charge in [-0.05, 0) is 28.2 Å². The van der Waals surface area contributed by atoms with Crippen LogP contribution in [-0.2, 0) is 32.6 Å². The van der Waals surface area contributed by atoms with Gasteiger partial charge in [-0.25, -0.2) is 18.3 Å². The normalized spacial score (nSPS) is 16.0. The molecule has 18 heteroatoms. The molecule has 3 aromatic rings. The molecule has 0 spiro atoms. The molecule has 0 bridgehead atoms. The summed E-state index contributed by atoms with van der Waals surface area (Å²) in [7, 11) is -17.2. The molecule has 0 saturated heterocycles. The van der Waals surface area contributed by atoms with Gasteiger partial charge in [0.15, 0.2) is 0 Å². The third-order valence-electron chi connectivity index (χ3n) is 4.30. The van der Waals surface area contributed by atoms with Gasteiger partial charge in [-0.2, -0.15) is 0 Å². The standard InChI is InChI=1S/C20H28N4.2F6P/c1-20(2,3)19-11-17(13-23-8-6-21(4)15-23)10-18(12-19)14-24-9-7-22(5)16-24;2*1-7(2,3,4,5)6/h6-12,15-16H,13-14H2,1-5H3;;/q+2;2*-1. The molecule has 0 unspecified atom stereocenters. The summed E-state index contributed by atoms with van der Waals surface area (Å²) in [5.41, 5.74) is 4.24. The van der Waals surface area contributed by atoms with Crippen LogP contribution in [0, 0.1) is 0 Å². The van der Waals surface area contributed by atoms with Crippen LogP contribution in [0.2, 0.25) is 0 Å². The number of aryl methyl sites for hydroxylation is 2. The maximum atomic E-state index is 9.87. The van der Waals surface area contributed by atoms with Crippen LogP contribution in [0.5, 0.6) is 0 Å². The molecule has 4 nitrogen and oxygen atoms in total. The fourth-order valence-corrected chi connectivity index (χ4v) is 2.99. The Hall–Kier alpha value is -2.34. The number of hydrogen-bond donors (Lipinski definition) is 0. The molecule has 2 heterocycles. The van der Waals surface area contributed by atoms with Gasteiger partial charge in [0.2, 0.25) is 12.7 Å². The van der Waals surface area contributed by atoms with E-state index in [9.17, 15) is 50.4 Å². The van der Waals surface area contributed by atoms with Crippen molar-refractivity contribution in [3.05, 3.63) is 72.3 Å². The molecule has 3 rings (SSSR count). The zero-order valence-electron chi connectivity index (χ0n) is 20.8. The number of halogens is 12. The first-order valence-electron chi connectivity index (χ1n) is 10.5. The van der Waals surface area contributed by atoms with Crippen molar-refractivity contribution in [1.29, 1.82) is 0 Å². The predicted octanol–water partition coefficient (Wildman–Crippen LogP) is 9.10. The van der Waals surface area contributed by atoms with Gasteiger partial charge in [0.1, 0.15) is 37.9 Å². The second kappa shape index (κ2) is 9.11. The molecule has 0 aliphatic carbocycles. The molecule has 0 aliphatic rings. The van der Waals surface area contributed by atoms with E-state index in [4.69, 9.17) is 0 Å². The van der Waals surface area contributed by atoms with Crippen LogP contribution >= 0.6 is 15.6 Å². The quantitative estimate of drug-likeness (QED) is 0.159. The topological polar surface area (TPSA) is 17.6 Å². The Morgan fingerprint density at radius 2 is 0.895 bits per heavy atom. The van der Waals surface area contributed by atoms with Crippen molar-refractivity contribution >= 4 is 15.6 Å². The fraction of sp³-hybridized carbons (Fsp3) is 0.400. The molecule has 0 aliphatic heterocycles. The molecule has 0 fully saturated rings. The van der Waals surface area contributed by atoms with Crippen molar-refractivity contribution < 1.29 is 59.5 Å². The van der Waals surface area contributed by atoms with Crippen LogP contribution in [0.4, 0.5) is 50.4 Å². The van der Waals surface area contributed by atoms with E-state index in [1.165, 1.54) is 16.7 Å². The van der Waals surface area contributed by atoms with Gasteiger partial charge in [-0.3, -0.25) is 0 Å². The van der Waals surface area contributed by atoms with E-state index < -0.39 is 15.6 Å². The fourth-order valence-electron chi connectivity index (χ4n) is 2.99. The van der Waals surface area contributed by atoms with Crippen LogP contribution in [-0.4, -0.2) is 9.13 Å². The van der Waals surface area contributed by atoms with Gasteiger partial charge < -0.3 is 0 Å². The summed E-state index contributed by atoms with van der Waals surface area (Å²) in [6.07, 6.45) is 12.6. The van der Waals surface area contributed by atoms with Gasteiger partial charge in [-0.15, -0.1) is 0 Å². The van der Waals surface area contributed by atoms with Crippen molar-refractivity contribution in [3.63, 3.8) is 0 Å². The first-order valence-corrected chi connectivity index (χ1v) is 14.5. The average Bonchev–Trinajstić information content (AvgIpc) is 3.16. The zero-order chi connectivity index (χ0) is 30.1. The number of rotatable bonds is 4. The molecule has 1 aromatic carbocycles. The van der Waals surface area contributed by atoms with Gasteiger partial charge in [0.05, 0.1) is 14.1 Å². The molecule has 0 N–H and O–H groups in total. The summed E-state index contributed by atoms with van der Waals surface area (Å²) in [5.74, 6) is 0. The first-order chi connectivity index (χ1) is 16.2. The van der Waals surface area contributed by atoms with E-state index in [-0.39, 0.29) is 5.41 Å². The van der Waals surface area contributed by atoms with E-state index in [1.54, 1.807) is 0 Å². The summed E-state index contributed by atoms with van der Waals surface area (Å²) in [5, 5.41) is 0. The Morgan fingerprint density at radius 1 is 0.605 bits per heavy atom. The van der Waals surface area contributed by atoms with Crippen LogP contribution in [0.15, 0.2) is 55.6 Å². The Balaban J connectivity index is 0.000000426. The monoisotopic (exact) mass is 614 g/mol. The summed E-state index contributed by atoms with van der Waals surface area (Å²) in [6.45, 7) is 8.64. The Kier molecular flexibility index (Phi) is 8.08. The van der Waals surface area contributed by atoms with E-state index in [1.807, 2.05) is 0 Å². The number of benzene rings is 1. The minimum absolute atomic E-state index is 0.146. The first kappa shape index (κ1) is 33.7. The minimum atomic E-state index is -10.7. The van der Waals surface area contributed by atoms with Crippen LogP contribution < -0.4 is 9.13 Å². The summed E-state index contributed by atoms with van der Waals surface area (Å²) < 4.78 is 127. The number of nitrogens with zero attached hydrogens (tertiary/aromatic N) is 4. The molecule has 0 atom stereocenters. The maximum absolute atomic E-state index is 10.7. The zero-order valence-corrected chi connectivity index (χ0v) is 22.6. The molecular weight excluding hydrogens is 586 g/mol. The van der Waals surface area contributed by atoms with Crippen LogP contribution in [0.1, 0.15) is 37.5 Å². The molecular formula is C20H28F12N4P2. The molecule has 0 radical (unpaired) electrons. The van der Waals surface area contributed by atoms with Crippen molar-refractivity contribution in [3.8, 4) is 0 Å². The average molecular weight is 614 g/mol. The van der Waals surface area contributed by atoms with Gasteiger partial charge in [0, 0.05) is 0 Å². The van der Waals surface area contributed by atoms with Gasteiger partial charge >= 0.3 is 66.0 Å².